The number of esters is 1. The molecule has 8 nitrogen and oxygen atoms in total. The van der Waals surface area contributed by atoms with Crippen LogP contribution in [0.3, 0.4) is 0 Å². The molecule has 0 unspecified atom stereocenters. The summed E-state index contributed by atoms with van der Waals surface area (Å²) in [5.74, 6) is 0.304. The number of hydrazone groups is 1. The average Bonchev–Trinajstić information content (AvgIpc) is 3.18. The van der Waals surface area contributed by atoms with Crippen LogP contribution in [0.1, 0.15) is 15.9 Å². The Labute approximate surface area is 190 Å². The zero-order valence-electron chi connectivity index (χ0n) is 16.5. The number of halogens is 1. The second-order valence-electron chi connectivity index (χ2n) is 6.84. The Morgan fingerprint density at radius 2 is 1.78 bits per heavy atom. The van der Waals surface area contributed by atoms with Crippen LogP contribution in [0.5, 0.6) is 5.75 Å². The summed E-state index contributed by atoms with van der Waals surface area (Å²) in [4.78, 5) is 19.8. The first-order valence-electron chi connectivity index (χ1n) is 9.64. The van der Waals surface area contributed by atoms with Gasteiger partial charge in [-0.2, -0.15) is 10.1 Å². The molecule has 0 saturated carbocycles. The van der Waals surface area contributed by atoms with Crippen molar-refractivity contribution in [1.29, 1.82) is 0 Å². The number of rotatable bonds is 5. The molecule has 0 aliphatic carbocycles. The third kappa shape index (κ3) is 4.19. The largest absolute Gasteiger partial charge is 0.423 e. The summed E-state index contributed by atoms with van der Waals surface area (Å²) >= 11 is 3.34. The number of fused-ring (bicyclic) bond motifs is 3. The molecule has 2 N–H and O–H groups in total. The molecule has 0 fully saturated rings. The van der Waals surface area contributed by atoms with Crippen LogP contribution in [0.15, 0.2) is 82.4 Å². The van der Waals surface area contributed by atoms with E-state index in [2.05, 4.69) is 46.6 Å². The summed E-state index contributed by atoms with van der Waals surface area (Å²) in [6.45, 7) is 0. The van der Waals surface area contributed by atoms with Crippen LogP contribution in [0.4, 0.5) is 5.95 Å². The van der Waals surface area contributed by atoms with Crippen LogP contribution in [0.2, 0.25) is 0 Å². The molecule has 0 aliphatic heterocycles. The van der Waals surface area contributed by atoms with Gasteiger partial charge in [-0.15, -0.1) is 10.2 Å². The summed E-state index contributed by atoms with van der Waals surface area (Å²) in [5.41, 5.74) is 6.36. The van der Waals surface area contributed by atoms with Crippen molar-refractivity contribution in [3.05, 3.63) is 88.4 Å². The maximum atomic E-state index is 12.2. The zero-order valence-corrected chi connectivity index (χ0v) is 18.1. The molecule has 5 rings (SSSR count). The van der Waals surface area contributed by atoms with E-state index in [4.69, 9.17) is 4.74 Å². The summed E-state index contributed by atoms with van der Waals surface area (Å²) in [6, 6.07) is 21.8. The number of ether oxygens (including phenoxy) is 1. The van der Waals surface area contributed by atoms with Gasteiger partial charge in [-0.3, -0.25) is 0 Å². The molecule has 156 valence electrons. The molecule has 0 bridgehead atoms. The highest BCUT2D eigenvalue weighted by molar-refractivity contribution is 9.10. The van der Waals surface area contributed by atoms with Gasteiger partial charge in [-0.05, 0) is 60.2 Å². The van der Waals surface area contributed by atoms with E-state index in [1.54, 1.807) is 54.7 Å². The topological polar surface area (TPSA) is 105 Å². The van der Waals surface area contributed by atoms with E-state index in [1.165, 1.54) is 0 Å². The summed E-state index contributed by atoms with van der Waals surface area (Å²) in [6.07, 6.45) is 1.61. The number of benzene rings is 3. The van der Waals surface area contributed by atoms with Gasteiger partial charge < -0.3 is 9.72 Å². The third-order valence-electron chi connectivity index (χ3n) is 4.67. The summed E-state index contributed by atoms with van der Waals surface area (Å²) < 4.78 is 6.29. The minimum Gasteiger partial charge on any atom is -0.423 e. The number of nitrogens with zero attached hydrogens (tertiary/aromatic N) is 4. The van der Waals surface area contributed by atoms with Gasteiger partial charge in [0.25, 0.3) is 5.95 Å². The highest BCUT2D eigenvalue weighted by atomic mass is 79.9. The van der Waals surface area contributed by atoms with Crippen molar-refractivity contribution in [3.8, 4) is 5.75 Å². The first-order valence-corrected chi connectivity index (χ1v) is 10.4. The monoisotopic (exact) mass is 486 g/mol. The van der Waals surface area contributed by atoms with E-state index in [1.807, 2.05) is 24.3 Å². The van der Waals surface area contributed by atoms with Crippen molar-refractivity contribution in [2.75, 3.05) is 5.43 Å². The standard InChI is InChI=1S/C23H15BrN6O2/c24-16-9-7-15(8-10-16)22(31)32-17-11-5-14(6-12-17)13-25-29-23-27-21-20(28-30-23)18-3-1-2-4-19(18)26-21/h1-13H,(H2,26,27,29,30)/b25-13+. The fourth-order valence-corrected chi connectivity index (χ4v) is 3.37. The van der Waals surface area contributed by atoms with Crippen molar-refractivity contribution >= 4 is 56.1 Å². The molecule has 3 aromatic carbocycles. The lowest BCUT2D eigenvalue weighted by atomic mass is 10.2. The Morgan fingerprint density at radius 1 is 1.00 bits per heavy atom. The molecule has 0 aliphatic rings. The van der Waals surface area contributed by atoms with E-state index in [0.29, 0.717) is 22.5 Å². The normalized spacial score (nSPS) is 11.3. The van der Waals surface area contributed by atoms with E-state index < -0.39 is 5.97 Å². The minimum absolute atomic E-state index is 0.278. The Balaban J connectivity index is 1.23. The first-order chi connectivity index (χ1) is 15.7. The molecule has 0 spiro atoms. The zero-order chi connectivity index (χ0) is 21.9. The van der Waals surface area contributed by atoms with Crippen molar-refractivity contribution < 1.29 is 9.53 Å². The fraction of sp³-hybridized carbons (Fsp3) is 0. The van der Waals surface area contributed by atoms with Gasteiger partial charge in [-0.1, -0.05) is 34.1 Å². The van der Waals surface area contributed by atoms with E-state index >= 15 is 0 Å². The van der Waals surface area contributed by atoms with Gasteiger partial charge >= 0.3 is 5.97 Å². The minimum atomic E-state index is -0.419. The summed E-state index contributed by atoms with van der Waals surface area (Å²) in [5, 5.41) is 13.4. The maximum Gasteiger partial charge on any atom is 0.343 e. The lowest BCUT2D eigenvalue weighted by molar-refractivity contribution is 0.0734. The number of carbonyl (C=O) groups excluding carboxylic acids is 1. The van der Waals surface area contributed by atoms with Gasteiger partial charge in [0.05, 0.1) is 11.8 Å². The Bertz CT molecular complexity index is 1450. The second kappa shape index (κ2) is 8.56. The lowest BCUT2D eigenvalue weighted by Crippen LogP contribution is -2.08. The van der Waals surface area contributed by atoms with Gasteiger partial charge in [0, 0.05) is 15.4 Å². The number of para-hydroxylation sites is 1. The van der Waals surface area contributed by atoms with Crippen LogP contribution in [-0.4, -0.2) is 32.3 Å². The lowest BCUT2D eigenvalue weighted by Gasteiger charge is -2.04. The molecular formula is C23H15BrN6O2. The van der Waals surface area contributed by atoms with Gasteiger partial charge in [0.15, 0.2) is 5.65 Å². The average molecular weight is 487 g/mol. The van der Waals surface area contributed by atoms with Gasteiger partial charge in [0.1, 0.15) is 11.3 Å². The molecule has 0 amide bonds. The Kier molecular flexibility index (Phi) is 5.30. The quantitative estimate of drug-likeness (QED) is 0.158. The summed E-state index contributed by atoms with van der Waals surface area (Å²) in [7, 11) is 0. The van der Waals surface area contributed by atoms with Crippen LogP contribution in [-0.2, 0) is 0 Å². The molecule has 5 aromatic rings. The van der Waals surface area contributed by atoms with Crippen molar-refractivity contribution in [1.82, 2.24) is 20.2 Å². The third-order valence-corrected chi connectivity index (χ3v) is 5.20. The number of nitrogens with one attached hydrogen (secondary N) is 2. The van der Waals surface area contributed by atoms with Gasteiger partial charge in [0.2, 0.25) is 0 Å². The number of carbonyl (C=O) groups is 1. The van der Waals surface area contributed by atoms with E-state index in [0.717, 1.165) is 20.9 Å². The SMILES string of the molecule is O=C(Oc1ccc(/C=N/Nc2nnc3c(n2)[nH]c2ccccc23)cc1)c1ccc(Br)cc1. The Hall–Kier alpha value is -4.11. The van der Waals surface area contributed by atoms with Gasteiger partial charge in [-0.25, -0.2) is 10.2 Å². The highest BCUT2D eigenvalue weighted by Gasteiger charge is 2.09. The molecule has 0 saturated heterocycles. The molecule has 32 heavy (non-hydrogen) atoms. The predicted octanol–water partition coefficient (Wildman–Crippen LogP) is 4.93. The van der Waals surface area contributed by atoms with Crippen LogP contribution < -0.4 is 10.2 Å². The first kappa shape index (κ1) is 19.8. The number of aromatic amines is 1. The van der Waals surface area contributed by atoms with E-state index in [9.17, 15) is 4.79 Å². The number of hydrogen-bond acceptors (Lipinski definition) is 7. The predicted molar refractivity (Wildman–Crippen MR) is 126 cm³/mol. The van der Waals surface area contributed by atoms with Crippen LogP contribution >= 0.6 is 15.9 Å². The molecule has 2 heterocycles. The maximum absolute atomic E-state index is 12.2. The van der Waals surface area contributed by atoms with Crippen molar-refractivity contribution in [2.24, 2.45) is 5.10 Å². The molecule has 0 radical (unpaired) electrons. The molecule has 0 atom stereocenters. The highest BCUT2D eigenvalue weighted by Crippen LogP contribution is 2.22. The molecule has 2 aromatic heterocycles. The number of hydrogen-bond donors (Lipinski definition) is 2. The van der Waals surface area contributed by atoms with Crippen LogP contribution in [0.25, 0.3) is 22.1 Å². The Morgan fingerprint density at radius 3 is 2.59 bits per heavy atom. The van der Waals surface area contributed by atoms with Crippen LogP contribution in [0, 0.1) is 0 Å². The second-order valence-corrected chi connectivity index (χ2v) is 7.75. The smallest absolute Gasteiger partial charge is 0.343 e. The van der Waals surface area contributed by atoms with E-state index in [-0.39, 0.29) is 5.95 Å². The number of anilines is 1. The molecular weight excluding hydrogens is 472 g/mol. The number of H-pyrrole nitrogens is 1. The molecule has 9 heteroatoms. The van der Waals surface area contributed by atoms with Crippen molar-refractivity contribution in [2.45, 2.75) is 0 Å². The number of aromatic nitrogens is 4. The van der Waals surface area contributed by atoms with Crippen molar-refractivity contribution in [3.63, 3.8) is 0 Å². The fourth-order valence-electron chi connectivity index (χ4n) is 3.11.